The average Bonchev–Trinajstić information content (AvgIpc) is 2.85. The Morgan fingerprint density at radius 1 is 0.225 bits per heavy atom. The summed E-state index contributed by atoms with van der Waals surface area (Å²) in [6.45, 7) is 0. The first kappa shape index (κ1) is 37.3. The molecule has 0 amide bonds. The molecule has 0 saturated carbocycles. The van der Waals surface area contributed by atoms with E-state index < -0.39 is 20.4 Å². The van der Waals surface area contributed by atoms with Crippen LogP contribution in [0, 0.1) is 0 Å². The molecule has 218 valence electrons. The van der Waals surface area contributed by atoms with Crippen molar-refractivity contribution in [2.45, 2.75) is 20.4 Å². The van der Waals surface area contributed by atoms with Gasteiger partial charge in [-0.15, -0.1) is 0 Å². The summed E-state index contributed by atoms with van der Waals surface area (Å²) < 4.78 is 0. The second kappa shape index (κ2) is 14.8. The van der Waals surface area contributed by atoms with Crippen molar-refractivity contribution in [1.82, 2.24) is 0 Å². The molecule has 18 heteroatoms. The molecule has 3 aromatic rings. The van der Waals surface area contributed by atoms with Crippen molar-refractivity contribution in [3.63, 3.8) is 0 Å². The quantitative estimate of drug-likeness (QED) is 0.131. The predicted molar refractivity (Wildman–Crippen MR) is 184 cm³/mol. The maximum Gasteiger partial charge on any atom is 0.135 e. The molecular weight excluding hydrogens is 902 g/mol. The van der Waals surface area contributed by atoms with Crippen molar-refractivity contribution in [2.75, 3.05) is 0 Å². The number of halogens is 18. The van der Waals surface area contributed by atoms with Gasteiger partial charge in [-0.1, -0.05) is 209 Å². The molecule has 40 heavy (non-hydrogen) atoms. The van der Waals surface area contributed by atoms with Crippen molar-refractivity contribution in [3.8, 4) is 0 Å². The lowest BCUT2D eigenvalue weighted by Crippen LogP contribution is -2.12. The van der Waals surface area contributed by atoms with Crippen molar-refractivity contribution in [2.24, 2.45) is 0 Å². The minimum absolute atomic E-state index is 0.0231. The van der Waals surface area contributed by atoms with E-state index in [0.717, 1.165) is 0 Å². The molecule has 0 fully saturated rings. The summed E-state index contributed by atoms with van der Waals surface area (Å²) in [5.41, 5.74) is 0.00181. The van der Waals surface area contributed by atoms with E-state index in [0.29, 0.717) is 0 Å². The van der Waals surface area contributed by atoms with Crippen LogP contribution in [-0.4, -0.2) is 0 Å². The molecule has 0 saturated heterocycles. The van der Waals surface area contributed by atoms with Crippen molar-refractivity contribution >= 4 is 209 Å². The summed E-state index contributed by atoms with van der Waals surface area (Å²) in [4.78, 5) is -3.66. The topological polar surface area (TPSA) is 0 Å². The molecule has 0 aromatic heterocycles. The maximum absolute atomic E-state index is 6.77. The molecule has 0 heterocycles. The van der Waals surface area contributed by atoms with E-state index in [1.807, 2.05) is 0 Å². The number of hydrogen-bond donors (Lipinski definition) is 0. The molecule has 0 atom stereocenters. The fourth-order valence-electron chi connectivity index (χ4n) is 3.77. The summed E-state index contributed by atoms with van der Waals surface area (Å²) in [7, 11) is 0. The number of rotatable bonds is 6. The average molecular weight is 906 g/mol. The van der Waals surface area contributed by atoms with E-state index in [1.165, 1.54) is 0 Å². The van der Waals surface area contributed by atoms with Crippen LogP contribution in [0.2, 0.25) is 60.3 Å². The SMILES string of the molecule is Clc1c(Cl)c(C(c2c(Cl)c(Cl)c(C(Cl)Cl)c(Cl)c2Cl)c2c(Cl)c(Cl)c(C(Cl)Cl)c(Cl)c2Cl)c(Cl)c(Cl)c1C(Cl)Cl. The molecule has 0 spiro atoms. The Labute approximate surface area is 318 Å². The summed E-state index contributed by atoms with van der Waals surface area (Å²) in [5, 5.41) is -2.05. The molecule has 0 unspecified atom stereocenters. The zero-order valence-corrected chi connectivity index (χ0v) is 31.7. The Morgan fingerprint density at radius 2 is 0.350 bits per heavy atom. The fraction of sp³-hybridized carbons (Fsp3) is 0.182. The van der Waals surface area contributed by atoms with Gasteiger partial charge in [-0.3, -0.25) is 0 Å². The molecule has 0 aliphatic rings. The van der Waals surface area contributed by atoms with E-state index in [1.54, 1.807) is 0 Å². The summed E-state index contributed by atoms with van der Waals surface area (Å²) in [6.07, 6.45) is 0. The first-order chi connectivity index (χ1) is 18.4. The van der Waals surface area contributed by atoms with Gasteiger partial charge in [0.05, 0.1) is 60.3 Å². The Bertz CT molecular complexity index is 1240. The third-order valence-corrected chi connectivity index (χ3v) is 12.1. The van der Waals surface area contributed by atoms with Gasteiger partial charge in [0, 0.05) is 39.3 Å². The molecule has 0 bridgehead atoms. The van der Waals surface area contributed by atoms with Gasteiger partial charge >= 0.3 is 0 Å². The monoisotopic (exact) mass is 897 g/mol. The Kier molecular flexibility index (Phi) is 13.8. The minimum Gasteiger partial charge on any atom is -0.0999 e. The van der Waals surface area contributed by atoms with Gasteiger partial charge in [-0.25, -0.2) is 0 Å². The minimum atomic E-state index is -1.35. The lowest BCUT2D eigenvalue weighted by Gasteiger charge is -2.29. The van der Waals surface area contributed by atoms with Crippen LogP contribution < -0.4 is 0 Å². The van der Waals surface area contributed by atoms with Gasteiger partial charge in [0.15, 0.2) is 0 Å². The lowest BCUT2D eigenvalue weighted by molar-refractivity contribution is 0.972. The van der Waals surface area contributed by atoms with E-state index in [4.69, 9.17) is 209 Å². The standard InChI is InChI=1S/C22H4Cl18/c23-8-2(9(24)15(30)5(14(8)29)20(35)36)1(3-10(25)16(31)6(21(37)38)17(32)11(3)26)4-12(27)18(33)7(22(39)40)19(34)13(4)28/h1,20-22H. The van der Waals surface area contributed by atoms with Crippen LogP contribution in [0.1, 0.15) is 53.8 Å². The second-order valence-electron chi connectivity index (χ2n) is 7.58. The highest BCUT2D eigenvalue weighted by molar-refractivity contribution is 6.56. The van der Waals surface area contributed by atoms with Crippen LogP contribution in [0.4, 0.5) is 0 Å². The van der Waals surface area contributed by atoms with E-state index in [-0.39, 0.29) is 93.7 Å². The Balaban J connectivity index is 2.70. The normalized spacial score (nSPS) is 12.2. The maximum atomic E-state index is 6.77. The van der Waals surface area contributed by atoms with Crippen LogP contribution in [0.15, 0.2) is 0 Å². The lowest BCUT2D eigenvalue weighted by atomic mass is 9.83. The van der Waals surface area contributed by atoms with Crippen LogP contribution in [0.3, 0.4) is 0 Å². The van der Waals surface area contributed by atoms with E-state index in [9.17, 15) is 0 Å². The molecule has 0 aliphatic carbocycles. The van der Waals surface area contributed by atoms with Gasteiger partial charge in [0.25, 0.3) is 0 Å². The summed E-state index contributed by atoms with van der Waals surface area (Å²) in [6, 6.07) is 0. The zero-order valence-electron chi connectivity index (χ0n) is 18.1. The summed E-state index contributed by atoms with van der Waals surface area (Å²) >= 11 is 116. The van der Waals surface area contributed by atoms with Crippen LogP contribution in [0.5, 0.6) is 0 Å². The number of hydrogen-bond acceptors (Lipinski definition) is 0. The highest BCUT2D eigenvalue weighted by Crippen LogP contribution is 2.59. The van der Waals surface area contributed by atoms with Crippen LogP contribution in [-0.2, 0) is 0 Å². The predicted octanol–water partition coefficient (Wildman–Crippen LogP) is 17.1. The van der Waals surface area contributed by atoms with Gasteiger partial charge < -0.3 is 0 Å². The van der Waals surface area contributed by atoms with Crippen LogP contribution >= 0.6 is 209 Å². The number of benzene rings is 3. The second-order valence-corrected chi connectivity index (χ2v) is 15.4. The molecule has 3 rings (SSSR count). The van der Waals surface area contributed by atoms with E-state index >= 15 is 0 Å². The summed E-state index contributed by atoms with van der Waals surface area (Å²) in [5.74, 6) is -1.35. The third kappa shape index (κ3) is 6.65. The Hall–Kier alpha value is 2.88. The first-order valence-electron chi connectivity index (χ1n) is 9.81. The highest BCUT2D eigenvalue weighted by atomic mass is 35.5. The largest absolute Gasteiger partial charge is 0.135 e. The highest BCUT2D eigenvalue weighted by Gasteiger charge is 2.39. The van der Waals surface area contributed by atoms with Crippen molar-refractivity contribution < 1.29 is 0 Å². The number of alkyl halides is 6. The molecule has 0 N–H and O–H groups in total. The fourth-order valence-corrected chi connectivity index (χ4v) is 9.70. The molecule has 0 aliphatic heterocycles. The molecule has 3 aromatic carbocycles. The first-order valence-corrected chi connectivity index (χ1v) is 17.0. The molecule has 0 nitrogen and oxygen atoms in total. The Morgan fingerprint density at radius 3 is 0.475 bits per heavy atom. The van der Waals surface area contributed by atoms with E-state index in [2.05, 4.69) is 0 Å². The molecule has 0 radical (unpaired) electrons. The third-order valence-electron chi connectivity index (χ3n) is 5.51. The smallest absolute Gasteiger partial charge is 0.0999 e. The van der Waals surface area contributed by atoms with Crippen molar-refractivity contribution in [1.29, 1.82) is 0 Å². The van der Waals surface area contributed by atoms with Gasteiger partial charge in [0.2, 0.25) is 0 Å². The molecular formula is C22H4Cl18. The van der Waals surface area contributed by atoms with Crippen molar-refractivity contribution in [3.05, 3.63) is 93.7 Å². The van der Waals surface area contributed by atoms with Gasteiger partial charge in [-0.2, -0.15) is 0 Å². The van der Waals surface area contributed by atoms with Gasteiger partial charge in [-0.05, 0) is 0 Å². The zero-order chi connectivity index (χ0) is 30.7. The van der Waals surface area contributed by atoms with Crippen LogP contribution in [0.25, 0.3) is 0 Å². The van der Waals surface area contributed by atoms with Gasteiger partial charge in [0.1, 0.15) is 14.5 Å².